The van der Waals surface area contributed by atoms with Crippen molar-refractivity contribution in [3.63, 3.8) is 0 Å². The first-order valence-electron chi connectivity index (χ1n) is 31.8. The number of methoxy groups -OCH3 is 2. The van der Waals surface area contributed by atoms with E-state index in [1.54, 1.807) is 150 Å². The molecule has 100 heavy (non-hydrogen) atoms. The zero-order valence-electron chi connectivity index (χ0n) is 59.4. The normalized spacial score (nSPS) is 12.1. The van der Waals surface area contributed by atoms with Gasteiger partial charge in [0.1, 0.15) is 53.3 Å². The third kappa shape index (κ3) is 19.6. The van der Waals surface area contributed by atoms with Crippen molar-refractivity contribution in [3.8, 4) is 45.5 Å². The van der Waals surface area contributed by atoms with Gasteiger partial charge in [0, 0.05) is 77.9 Å². The maximum absolute atomic E-state index is 15.2. The minimum Gasteiger partial charge on any atom is -0.497 e. The molecular formula is C72H88F2N10O14S2. The Balaban J connectivity index is 0.000000310. The van der Waals surface area contributed by atoms with E-state index >= 15 is 4.39 Å². The highest BCUT2D eigenvalue weighted by Crippen LogP contribution is 2.37. The standard InChI is InChI=1S/C46H56FN5O8S.C26H32FN5O6S/c1-30(2)37-23-34(47)24-38(39(37)25-43(53)60-45(3,4)5)33-20-21-48-41(22-33)59-29-46(6,7)52-40(44(54)50(8)9)26-42(49-52)61(55,56)51(27-31-12-16-35(57-10)17-13-31)28-32-14-18-36(58-11)19-15-32;1-15(2)18-10-17(27)11-19(20(18)12-24(33)34)16-7-8-29-22(9-16)38-14-26(3,4)32-21(25(35)31(5)6)13-23(30-32)39(28,36)37/h12-24,26,30H,25,27-29H2,1-11H3;7-11,13,15H,12,14H2,1-6H3,(H,33,34)(H2,28,36,37). The molecule has 0 aliphatic heterocycles. The Morgan fingerprint density at radius 1 is 0.570 bits per heavy atom. The first kappa shape index (κ1) is 77.7. The molecule has 0 aliphatic rings. The number of ether oxygens (including phenoxy) is 5. The predicted molar refractivity (Wildman–Crippen MR) is 372 cm³/mol. The summed E-state index contributed by atoms with van der Waals surface area (Å²) in [6.07, 6.45) is 2.62. The van der Waals surface area contributed by atoms with Crippen molar-refractivity contribution < 1.29 is 73.6 Å². The Kier molecular flexibility index (Phi) is 24.6. The molecule has 8 aromatic rings. The van der Waals surface area contributed by atoms with Gasteiger partial charge in [-0.15, -0.1) is 0 Å². The summed E-state index contributed by atoms with van der Waals surface area (Å²) in [4.78, 5) is 62.4. The van der Waals surface area contributed by atoms with Gasteiger partial charge in [-0.2, -0.15) is 14.5 Å². The van der Waals surface area contributed by atoms with Crippen molar-refractivity contribution >= 4 is 43.8 Å². The van der Waals surface area contributed by atoms with Crippen molar-refractivity contribution in [2.24, 2.45) is 5.14 Å². The number of rotatable bonds is 27. The van der Waals surface area contributed by atoms with E-state index in [0.717, 1.165) is 6.07 Å². The molecule has 0 fully saturated rings. The van der Waals surface area contributed by atoms with E-state index in [-0.39, 0.29) is 79.2 Å². The molecule has 28 heteroatoms. The Hall–Kier alpha value is -9.64. The average Bonchev–Trinajstić information content (AvgIpc) is 1.56. The van der Waals surface area contributed by atoms with Crippen LogP contribution >= 0.6 is 0 Å². The number of hydrogen-bond donors (Lipinski definition) is 2. The Labute approximate surface area is 583 Å². The lowest BCUT2D eigenvalue weighted by Crippen LogP contribution is -2.38. The van der Waals surface area contributed by atoms with Gasteiger partial charge in [0.15, 0.2) is 10.1 Å². The van der Waals surface area contributed by atoms with Crippen molar-refractivity contribution in [3.05, 3.63) is 178 Å². The molecule has 4 aromatic carbocycles. The molecule has 3 N–H and O–H groups in total. The highest BCUT2D eigenvalue weighted by atomic mass is 32.2. The highest BCUT2D eigenvalue weighted by molar-refractivity contribution is 7.89. The van der Waals surface area contributed by atoms with Crippen LogP contribution in [-0.4, -0.2) is 151 Å². The molecule has 4 aromatic heterocycles. The lowest BCUT2D eigenvalue weighted by molar-refractivity contribution is -0.154. The second kappa shape index (κ2) is 31.7. The maximum atomic E-state index is 15.2. The van der Waals surface area contributed by atoms with Gasteiger partial charge < -0.3 is 38.6 Å². The van der Waals surface area contributed by atoms with Gasteiger partial charge in [-0.3, -0.25) is 19.2 Å². The monoisotopic (exact) mass is 1420 g/mol. The van der Waals surface area contributed by atoms with Gasteiger partial charge in [0.2, 0.25) is 11.8 Å². The van der Waals surface area contributed by atoms with Crippen LogP contribution in [0.1, 0.15) is 142 Å². The summed E-state index contributed by atoms with van der Waals surface area (Å²) in [7, 11) is 0.767. The van der Waals surface area contributed by atoms with Gasteiger partial charge in [-0.1, -0.05) is 52.0 Å². The molecule has 8 rings (SSSR count). The zero-order valence-corrected chi connectivity index (χ0v) is 61.0. The number of nitrogens with two attached hydrogens (primary N) is 1. The number of aliphatic carboxylic acids is 1. The van der Waals surface area contributed by atoms with Crippen molar-refractivity contribution in [2.75, 3.05) is 55.6 Å². The molecule has 24 nitrogen and oxygen atoms in total. The Morgan fingerprint density at radius 3 is 1.32 bits per heavy atom. The van der Waals surface area contributed by atoms with E-state index in [4.69, 9.17) is 28.8 Å². The molecule has 0 aliphatic carbocycles. The third-order valence-corrected chi connectivity index (χ3v) is 18.2. The number of carboxylic acid groups (broad SMARTS) is 1. The summed E-state index contributed by atoms with van der Waals surface area (Å²) in [5.74, 6) is -2.01. The first-order chi connectivity index (χ1) is 46.6. The number of carbonyl (C=O) groups excluding carboxylic acids is 3. The molecule has 536 valence electrons. The second-order valence-corrected chi connectivity index (χ2v) is 30.5. The largest absolute Gasteiger partial charge is 0.497 e. The van der Waals surface area contributed by atoms with Gasteiger partial charge in [0.05, 0.1) is 38.1 Å². The number of hydrogen-bond acceptors (Lipinski definition) is 17. The van der Waals surface area contributed by atoms with Crippen LogP contribution in [0.25, 0.3) is 22.3 Å². The molecule has 0 bridgehead atoms. The Bertz CT molecular complexity index is 4460. The van der Waals surface area contributed by atoms with E-state index in [0.29, 0.717) is 67.1 Å². The maximum Gasteiger partial charge on any atom is 0.310 e. The molecule has 0 saturated heterocycles. The number of carbonyl (C=O) groups is 4. The zero-order chi connectivity index (χ0) is 74.1. The SMILES string of the molecule is CC(C)c1cc(F)cc(-c2ccnc(OCC(C)(C)n3nc(S(N)(=O)=O)cc3C(=O)N(C)C)c2)c1CC(=O)O.COc1ccc(CN(Cc2ccc(OC)cc2)S(=O)(=O)c2cc(C(=O)N(C)C)n(C(C)(C)COc3cc(-c4cc(F)cc(C(C)C)c4CC(=O)OC(C)(C)C)ccn3)n2)cc1. The lowest BCUT2D eigenvalue weighted by Gasteiger charge is -2.28. The van der Waals surface area contributed by atoms with Crippen molar-refractivity contribution in [2.45, 2.75) is 141 Å². The van der Waals surface area contributed by atoms with Crippen LogP contribution in [0.5, 0.6) is 23.3 Å². The number of amides is 2. The number of carboxylic acids is 1. The summed E-state index contributed by atoms with van der Waals surface area (Å²) < 4.78 is 115. The average molecular weight is 1420 g/mol. The number of esters is 1. The van der Waals surface area contributed by atoms with E-state index in [1.165, 1.54) is 80.3 Å². The molecule has 2 amide bonds. The fourth-order valence-corrected chi connectivity index (χ4v) is 12.6. The molecular weight excluding hydrogens is 1330 g/mol. The van der Waals surface area contributed by atoms with Crippen LogP contribution in [-0.2, 0) is 71.4 Å². The number of nitrogens with zero attached hydrogens (tertiary/aromatic N) is 9. The van der Waals surface area contributed by atoms with Crippen molar-refractivity contribution in [1.29, 1.82) is 0 Å². The summed E-state index contributed by atoms with van der Waals surface area (Å²) in [5, 5.41) is 22.6. The first-order valence-corrected chi connectivity index (χ1v) is 34.8. The number of benzene rings is 4. The third-order valence-electron chi connectivity index (χ3n) is 15.8. The summed E-state index contributed by atoms with van der Waals surface area (Å²) in [6.45, 7) is 19.7. The van der Waals surface area contributed by atoms with Crippen LogP contribution in [0.15, 0.2) is 132 Å². The second-order valence-electron chi connectivity index (χ2n) is 27.1. The van der Waals surface area contributed by atoms with E-state index in [9.17, 15) is 45.5 Å². The van der Waals surface area contributed by atoms with E-state index in [2.05, 4.69) is 20.2 Å². The van der Waals surface area contributed by atoms with Crippen LogP contribution in [0.3, 0.4) is 0 Å². The fraction of sp³-hybridized carbons (Fsp3) is 0.389. The van der Waals surface area contributed by atoms with E-state index in [1.807, 2.05) is 27.7 Å². The van der Waals surface area contributed by atoms with Gasteiger partial charge in [-0.25, -0.2) is 50.1 Å². The number of primary sulfonamides is 1. The summed E-state index contributed by atoms with van der Waals surface area (Å²) >= 11 is 0. The van der Waals surface area contributed by atoms with Crippen molar-refractivity contribution in [1.82, 2.24) is 43.6 Å². The summed E-state index contributed by atoms with van der Waals surface area (Å²) in [6, 6.07) is 28.6. The van der Waals surface area contributed by atoms with Crippen LogP contribution in [0.2, 0.25) is 0 Å². The van der Waals surface area contributed by atoms with E-state index < -0.39 is 77.1 Å². The fourth-order valence-electron chi connectivity index (χ4n) is 10.8. The molecule has 4 heterocycles. The topological polar surface area (TPSA) is 300 Å². The van der Waals surface area contributed by atoms with Gasteiger partial charge in [0.25, 0.3) is 31.9 Å². The molecule has 0 spiro atoms. The summed E-state index contributed by atoms with van der Waals surface area (Å²) in [5.41, 5.74) is 2.96. The van der Waals surface area contributed by atoms with Crippen LogP contribution < -0.4 is 24.1 Å². The van der Waals surface area contributed by atoms with Crippen LogP contribution in [0, 0.1) is 11.6 Å². The van der Waals surface area contributed by atoms with Gasteiger partial charge in [-0.05, 0) is 177 Å². The highest BCUT2D eigenvalue weighted by Gasteiger charge is 2.37. The quantitative estimate of drug-likeness (QED) is 0.0452. The van der Waals surface area contributed by atoms with Crippen LogP contribution in [0.4, 0.5) is 8.78 Å². The number of pyridine rings is 2. The Morgan fingerprint density at radius 2 is 0.960 bits per heavy atom. The van der Waals surface area contributed by atoms with Gasteiger partial charge >= 0.3 is 11.9 Å². The molecule has 0 saturated carbocycles. The molecule has 0 atom stereocenters. The molecule has 0 unspecified atom stereocenters. The number of sulfonamides is 2. The minimum atomic E-state index is -4.34. The number of aromatic nitrogens is 6. The predicted octanol–water partition coefficient (Wildman–Crippen LogP) is 11.0. The number of halogens is 2. The minimum absolute atomic E-state index is 0.000154. The smallest absolute Gasteiger partial charge is 0.310 e. The lowest BCUT2D eigenvalue weighted by atomic mass is 9.88. The molecule has 0 radical (unpaired) electrons.